The lowest BCUT2D eigenvalue weighted by molar-refractivity contribution is -0.384. The number of carbonyl (C=O) groups is 6. The van der Waals surface area contributed by atoms with Crippen LogP contribution in [0.5, 0.6) is 5.75 Å². The van der Waals surface area contributed by atoms with Gasteiger partial charge in [0.25, 0.3) is 5.69 Å². The van der Waals surface area contributed by atoms with Crippen LogP contribution in [0, 0.1) is 10.1 Å². The number of carbonyl (C=O) groups excluding carboxylic acids is 6. The summed E-state index contributed by atoms with van der Waals surface area (Å²) in [4.78, 5) is 84.6. The van der Waals surface area contributed by atoms with E-state index in [0.29, 0.717) is 50.6 Å². The Morgan fingerprint density at radius 1 is 0.429 bits per heavy atom. The van der Waals surface area contributed by atoms with E-state index in [2.05, 4.69) is 91.5 Å². The monoisotopic (exact) mass is 1080 g/mol. The molecule has 3 rings (SSSR count). The second-order valence-corrected chi connectivity index (χ2v) is 17.9. The summed E-state index contributed by atoms with van der Waals surface area (Å²) in [6.45, 7) is 15.7. The van der Waals surface area contributed by atoms with Gasteiger partial charge in [-0.3, -0.25) is 10.1 Å². The summed E-state index contributed by atoms with van der Waals surface area (Å²) < 4.78 is 5.14. The molecule has 23 nitrogen and oxygen atoms in total. The quantitative estimate of drug-likeness (QED) is 0.0130. The maximum atomic E-state index is 12.1. The van der Waals surface area contributed by atoms with Crippen molar-refractivity contribution >= 4 is 47.6 Å². The zero-order valence-electron chi connectivity index (χ0n) is 47.0. The van der Waals surface area contributed by atoms with Crippen LogP contribution >= 0.6 is 0 Å². The predicted molar refractivity (Wildman–Crippen MR) is 304 cm³/mol. The molecule has 0 aliphatic rings. The van der Waals surface area contributed by atoms with Crippen LogP contribution in [-0.2, 0) is 0 Å². The van der Waals surface area contributed by atoms with Crippen LogP contribution in [0.15, 0.2) is 72.8 Å². The van der Waals surface area contributed by atoms with Gasteiger partial charge < -0.3 is 73.4 Å². The van der Waals surface area contributed by atoms with Crippen molar-refractivity contribution in [3.8, 4) is 5.75 Å². The zero-order chi connectivity index (χ0) is 57.2. The topological polar surface area (TPSA) is 302 Å². The number of nitro benzene ring substituents is 1. The summed E-state index contributed by atoms with van der Waals surface area (Å²) in [6.07, 6.45) is 9.22. The van der Waals surface area contributed by atoms with E-state index < -0.39 is 35.5 Å². The van der Waals surface area contributed by atoms with Crippen molar-refractivity contribution in [3.05, 3.63) is 99.6 Å². The number of ether oxygens (including phenoxy) is 1. The van der Waals surface area contributed by atoms with Gasteiger partial charge in [0.05, 0.1) is 12.0 Å². The lowest BCUT2D eigenvalue weighted by Crippen LogP contribution is -2.48. The number of anilines is 1. The molecule has 430 valence electrons. The van der Waals surface area contributed by atoms with Gasteiger partial charge in [0, 0.05) is 71.2 Å². The third-order valence-electron chi connectivity index (χ3n) is 11.2. The third-order valence-corrected chi connectivity index (χ3v) is 11.2. The smallest absolute Gasteiger partial charge is 0.316 e. The summed E-state index contributed by atoms with van der Waals surface area (Å²) in [5.74, 6) is 0.710. The molecule has 0 aliphatic carbocycles. The minimum atomic E-state index is -0.806. The number of benzene rings is 3. The Morgan fingerprint density at radius 2 is 0.662 bits per heavy atom. The molecule has 0 unspecified atom stereocenters. The third kappa shape index (κ3) is 31.1. The van der Waals surface area contributed by atoms with E-state index in [1.54, 1.807) is 19.2 Å². The van der Waals surface area contributed by atoms with Gasteiger partial charge in [-0.05, 0) is 91.6 Å². The molecule has 0 saturated heterocycles. The Kier molecular flexibility index (Phi) is 36.3. The molecule has 0 heterocycles. The highest BCUT2D eigenvalue weighted by molar-refractivity contribution is 5.79. The molecule has 0 radical (unpaired) electrons. The highest BCUT2D eigenvalue weighted by Gasteiger charge is 2.20. The van der Waals surface area contributed by atoms with Crippen molar-refractivity contribution in [1.29, 1.82) is 0 Å². The lowest BCUT2D eigenvalue weighted by Gasteiger charge is -2.22. The average Bonchev–Trinajstić information content (AvgIpc) is 3.41. The first-order valence-corrected chi connectivity index (χ1v) is 27.0. The number of hydrogen-bond acceptors (Lipinski definition) is 10. The molecule has 0 aromatic heterocycles. The number of nitro groups is 1. The molecule has 0 aliphatic heterocycles. The Bertz CT molecular complexity index is 2060. The van der Waals surface area contributed by atoms with Crippen molar-refractivity contribution in [2.75, 3.05) is 65.4 Å². The normalized spacial score (nSPS) is 10.3. The van der Waals surface area contributed by atoms with Crippen molar-refractivity contribution < 1.29 is 38.4 Å². The number of amides is 12. The van der Waals surface area contributed by atoms with Crippen LogP contribution in [0.25, 0.3) is 0 Å². The van der Waals surface area contributed by atoms with E-state index in [1.807, 2.05) is 69.2 Å². The molecule has 3 aromatic rings. The summed E-state index contributed by atoms with van der Waals surface area (Å²) >= 11 is 0. The van der Waals surface area contributed by atoms with Crippen LogP contribution in [-0.4, -0.2) is 102 Å². The van der Waals surface area contributed by atoms with Gasteiger partial charge >= 0.3 is 36.2 Å². The Labute approximate surface area is 456 Å². The van der Waals surface area contributed by atoms with E-state index in [4.69, 9.17) is 4.74 Å². The van der Waals surface area contributed by atoms with Gasteiger partial charge in [0.1, 0.15) is 24.2 Å². The first kappa shape index (κ1) is 67.3. The second kappa shape index (κ2) is 41.5. The Balaban J connectivity index is 0.000000578. The van der Waals surface area contributed by atoms with Crippen molar-refractivity contribution in [2.24, 2.45) is 0 Å². The van der Waals surface area contributed by atoms with Gasteiger partial charge in [-0.2, -0.15) is 0 Å². The van der Waals surface area contributed by atoms with E-state index in [9.17, 15) is 38.9 Å². The first-order valence-electron chi connectivity index (χ1n) is 27.0. The fourth-order valence-corrected chi connectivity index (χ4v) is 6.52. The molecule has 0 fully saturated rings. The Morgan fingerprint density at radius 3 is 0.870 bits per heavy atom. The van der Waals surface area contributed by atoms with Gasteiger partial charge in [0.15, 0.2) is 0 Å². The van der Waals surface area contributed by atoms with Crippen molar-refractivity contribution in [1.82, 2.24) is 63.8 Å². The van der Waals surface area contributed by atoms with E-state index in [1.165, 1.54) is 24.3 Å². The van der Waals surface area contributed by atoms with Gasteiger partial charge in [-0.15, -0.1) is 0 Å². The number of urea groups is 6. The summed E-state index contributed by atoms with van der Waals surface area (Å²) in [5.41, 5.74) is 3.09. The number of hydrogen-bond donors (Lipinski definition) is 12. The number of nitrogens with one attached hydrogen (secondary N) is 12. The molecular weight excluding hydrogens is 989 g/mol. The molecule has 3 aromatic carbocycles. The molecule has 77 heavy (non-hydrogen) atoms. The minimum Gasteiger partial charge on any atom is -0.497 e. The molecule has 12 N–H and O–H groups in total. The largest absolute Gasteiger partial charge is 0.497 e. The summed E-state index contributed by atoms with van der Waals surface area (Å²) in [7, 11) is 5.52. The fraction of sp³-hybridized carbons (Fsp3) is 0.556. The van der Waals surface area contributed by atoms with Crippen molar-refractivity contribution in [3.63, 3.8) is 0 Å². The maximum absolute atomic E-state index is 12.1. The van der Waals surface area contributed by atoms with Crippen LogP contribution in [0.2, 0.25) is 0 Å². The van der Waals surface area contributed by atoms with Crippen LogP contribution in [0.3, 0.4) is 0 Å². The van der Waals surface area contributed by atoms with Gasteiger partial charge in [-0.1, -0.05) is 104 Å². The number of rotatable bonds is 30. The van der Waals surface area contributed by atoms with Gasteiger partial charge in [0.2, 0.25) is 0 Å². The second-order valence-electron chi connectivity index (χ2n) is 17.9. The van der Waals surface area contributed by atoms with E-state index >= 15 is 0 Å². The van der Waals surface area contributed by atoms with Crippen LogP contribution in [0.1, 0.15) is 154 Å². The van der Waals surface area contributed by atoms with Crippen LogP contribution < -0.4 is 73.4 Å². The molecule has 0 saturated carbocycles. The summed E-state index contributed by atoms with van der Waals surface area (Å²) in [5, 5.41) is 44.0. The number of unbranched alkanes of at least 4 members (excludes halogenated alkanes) is 6. The lowest BCUT2D eigenvalue weighted by atomic mass is 10.1. The van der Waals surface area contributed by atoms with Crippen LogP contribution in [0.4, 0.5) is 40.1 Å². The SMILES string of the molecule is CCCCNC(=O)NC(NC(=O)NCCCC)c1ccc(N(C)C)cc1.CCCCNC(=O)NC(NC(=O)NCCCC)c1ccc(OC)cc1.CCCCNC(=O)NC(NC(=O)NCCCC)c1ccc([N+](=O)[O-])cc1. The minimum absolute atomic E-state index is 0.0627. The maximum Gasteiger partial charge on any atom is 0.316 e. The molecule has 0 bridgehead atoms. The Hall–Kier alpha value is -7.72. The number of methoxy groups -OCH3 is 1. The zero-order valence-corrected chi connectivity index (χ0v) is 47.0. The fourth-order valence-electron chi connectivity index (χ4n) is 6.52. The summed E-state index contributed by atoms with van der Waals surface area (Å²) in [6, 6.07) is 18.5. The molecular formula is C54H90N14O9. The first-order chi connectivity index (χ1) is 37.0. The standard InChI is InChI=1S/C19H33N5O2.C18H30N4O3.C17H27N5O4/c1-5-7-13-20-18(25)22-17(23-19(26)21-14-8-6-2)15-9-11-16(12-10-15)24(3)4;1-4-6-12-19-17(23)21-16(22-18(24)20-13-7-5-2)14-8-10-15(25-3)11-9-14;1-3-5-11-18-16(23)20-15(21-17(24)19-12-6-4-2)13-7-9-14(10-8-13)22(25)26/h9-12,17H,5-8,13-14H2,1-4H3,(H2,20,22,25)(H2,21,23,26);8-11,16H,4-7,12-13H2,1-3H3,(H2,19,21,23)(H2,20,22,24);7-10,15H,3-6,11-12H2,1-2H3,(H2,18,20,23)(H2,19,21,24). The van der Waals surface area contributed by atoms with Crippen molar-refractivity contribution in [2.45, 2.75) is 137 Å². The average molecular weight is 1080 g/mol. The van der Waals surface area contributed by atoms with E-state index in [0.717, 1.165) is 93.9 Å². The highest BCUT2D eigenvalue weighted by Crippen LogP contribution is 2.19. The molecule has 0 spiro atoms. The number of nitrogens with zero attached hydrogens (tertiary/aromatic N) is 2. The molecule has 0 atom stereocenters. The highest BCUT2D eigenvalue weighted by atomic mass is 16.6. The molecule has 12 amide bonds. The number of non-ortho nitro benzene ring substituents is 1. The van der Waals surface area contributed by atoms with E-state index in [-0.39, 0.29) is 29.8 Å². The molecule has 23 heteroatoms. The predicted octanol–water partition coefficient (Wildman–Crippen LogP) is 8.63. The van der Waals surface area contributed by atoms with Gasteiger partial charge in [-0.25, -0.2) is 28.8 Å².